The molecule has 1 heterocycles. The highest BCUT2D eigenvalue weighted by molar-refractivity contribution is 6.35. The van der Waals surface area contributed by atoms with E-state index in [0.717, 1.165) is 57.0 Å². The Morgan fingerprint density at radius 2 is 1.96 bits per heavy atom. The van der Waals surface area contributed by atoms with Crippen LogP contribution in [-0.2, 0) is 4.74 Å². The van der Waals surface area contributed by atoms with E-state index in [1.165, 1.54) is 13.1 Å². The molecule has 1 aliphatic heterocycles. The third-order valence-electron chi connectivity index (χ3n) is 4.14. The molecule has 1 aromatic rings. The molecular formula is C17H28Cl2N2O2+2. The van der Waals surface area contributed by atoms with Gasteiger partial charge in [-0.15, -0.1) is 0 Å². The molecule has 23 heavy (non-hydrogen) atoms. The molecule has 1 saturated heterocycles. The van der Waals surface area contributed by atoms with Crippen LogP contribution in [0.3, 0.4) is 0 Å². The fourth-order valence-corrected chi connectivity index (χ4v) is 3.45. The van der Waals surface area contributed by atoms with E-state index in [4.69, 9.17) is 32.7 Å². The molecule has 0 spiro atoms. The maximum Gasteiger partial charge on any atom is 0.140 e. The lowest BCUT2D eigenvalue weighted by atomic mass is 10.2. The number of ether oxygens (including phenoxy) is 2. The van der Waals surface area contributed by atoms with Crippen molar-refractivity contribution < 1.29 is 19.7 Å². The van der Waals surface area contributed by atoms with Gasteiger partial charge < -0.3 is 19.7 Å². The third kappa shape index (κ3) is 6.86. The second-order valence-electron chi connectivity index (χ2n) is 6.07. The second kappa shape index (κ2) is 10.4. The van der Waals surface area contributed by atoms with E-state index in [-0.39, 0.29) is 0 Å². The molecule has 2 rings (SSSR count). The number of halogens is 2. The van der Waals surface area contributed by atoms with Crippen LogP contribution in [0, 0.1) is 6.92 Å². The molecule has 0 atom stereocenters. The Kier molecular flexibility index (Phi) is 8.48. The van der Waals surface area contributed by atoms with Crippen LogP contribution in [-0.4, -0.2) is 52.5 Å². The molecule has 1 fully saturated rings. The van der Waals surface area contributed by atoms with Crippen LogP contribution in [0.25, 0.3) is 0 Å². The lowest BCUT2D eigenvalue weighted by Gasteiger charge is -2.22. The zero-order valence-corrected chi connectivity index (χ0v) is 15.4. The standard InChI is InChI=1S/C17H26Cl2N2O2/c1-14-12-15(18)13-16(19)17(14)23-9-3-2-4-20-5-6-21-7-10-22-11-8-21/h12-13,20H,2-11H2,1H3/p+2. The lowest BCUT2D eigenvalue weighted by molar-refractivity contribution is -0.919. The van der Waals surface area contributed by atoms with Crippen LogP contribution in [0.5, 0.6) is 5.75 Å². The van der Waals surface area contributed by atoms with Gasteiger partial charge in [-0.3, -0.25) is 0 Å². The summed E-state index contributed by atoms with van der Waals surface area (Å²) in [5.74, 6) is 0.760. The van der Waals surface area contributed by atoms with Crippen molar-refractivity contribution in [1.29, 1.82) is 0 Å². The van der Waals surface area contributed by atoms with E-state index in [0.29, 0.717) is 16.7 Å². The molecule has 3 N–H and O–H groups in total. The summed E-state index contributed by atoms with van der Waals surface area (Å²) in [5.41, 5.74) is 0.988. The van der Waals surface area contributed by atoms with Crippen LogP contribution in [0.15, 0.2) is 12.1 Å². The Morgan fingerprint density at radius 3 is 2.70 bits per heavy atom. The average Bonchev–Trinajstić information content (AvgIpc) is 2.53. The normalized spacial score (nSPS) is 15.8. The molecule has 0 unspecified atom stereocenters. The van der Waals surface area contributed by atoms with Gasteiger partial charge in [-0.2, -0.15) is 0 Å². The van der Waals surface area contributed by atoms with Crippen molar-refractivity contribution in [2.75, 3.05) is 52.5 Å². The highest BCUT2D eigenvalue weighted by Crippen LogP contribution is 2.31. The second-order valence-corrected chi connectivity index (χ2v) is 6.91. The summed E-state index contributed by atoms with van der Waals surface area (Å²) in [6.45, 7) is 10.4. The zero-order valence-electron chi connectivity index (χ0n) is 13.9. The fourth-order valence-electron chi connectivity index (χ4n) is 2.80. The van der Waals surface area contributed by atoms with Gasteiger partial charge in [-0.1, -0.05) is 23.2 Å². The highest BCUT2D eigenvalue weighted by atomic mass is 35.5. The minimum absolute atomic E-state index is 0.593. The minimum atomic E-state index is 0.593. The van der Waals surface area contributed by atoms with Gasteiger partial charge in [-0.05, 0) is 37.5 Å². The summed E-state index contributed by atoms with van der Waals surface area (Å²) in [7, 11) is 0. The first kappa shape index (κ1) is 18.8. The largest absolute Gasteiger partial charge is 0.492 e. The summed E-state index contributed by atoms with van der Waals surface area (Å²) >= 11 is 12.1. The number of hydrogen-bond donors (Lipinski definition) is 2. The molecule has 130 valence electrons. The third-order valence-corrected chi connectivity index (χ3v) is 4.64. The Bertz CT molecular complexity index is 457. The van der Waals surface area contributed by atoms with Crippen LogP contribution in [0.2, 0.25) is 10.0 Å². The quantitative estimate of drug-likeness (QED) is 0.641. The molecule has 1 aliphatic rings. The van der Waals surface area contributed by atoms with E-state index >= 15 is 0 Å². The number of benzene rings is 1. The summed E-state index contributed by atoms with van der Waals surface area (Å²) in [4.78, 5) is 1.67. The van der Waals surface area contributed by atoms with Crippen molar-refractivity contribution in [3.8, 4) is 5.75 Å². The predicted molar refractivity (Wildman–Crippen MR) is 94.0 cm³/mol. The van der Waals surface area contributed by atoms with Gasteiger partial charge >= 0.3 is 0 Å². The smallest absolute Gasteiger partial charge is 0.140 e. The van der Waals surface area contributed by atoms with Gasteiger partial charge in [0.15, 0.2) is 0 Å². The summed E-state index contributed by atoms with van der Waals surface area (Å²) in [5, 5.41) is 3.65. The number of quaternary nitrogens is 2. The molecule has 4 nitrogen and oxygen atoms in total. The zero-order chi connectivity index (χ0) is 16.5. The van der Waals surface area contributed by atoms with Gasteiger partial charge in [0.25, 0.3) is 0 Å². The van der Waals surface area contributed by atoms with Gasteiger partial charge in [-0.25, -0.2) is 0 Å². The SMILES string of the molecule is Cc1cc(Cl)cc(Cl)c1OCCCC[NH2+]CC[NH+]1CCOCC1. The number of nitrogens with two attached hydrogens (primary N) is 1. The first-order chi connectivity index (χ1) is 11.2. The van der Waals surface area contributed by atoms with E-state index in [9.17, 15) is 0 Å². The number of nitrogens with one attached hydrogen (secondary N) is 1. The molecule has 0 aliphatic carbocycles. The van der Waals surface area contributed by atoms with Crippen molar-refractivity contribution in [2.24, 2.45) is 0 Å². The maximum atomic E-state index is 6.16. The van der Waals surface area contributed by atoms with Gasteiger partial charge in [0.2, 0.25) is 0 Å². The maximum absolute atomic E-state index is 6.16. The van der Waals surface area contributed by atoms with E-state index in [2.05, 4.69) is 5.32 Å². The topological polar surface area (TPSA) is 39.5 Å². The summed E-state index contributed by atoms with van der Waals surface area (Å²) < 4.78 is 11.2. The van der Waals surface area contributed by atoms with Crippen molar-refractivity contribution in [2.45, 2.75) is 19.8 Å². The van der Waals surface area contributed by atoms with Crippen molar-refractivity contribution in [3.63, 3.8) is 0 Å². The first-order valence-corrected chi connectivity index (χ1v) is 9.24. The Labute approximate surface area is 149 Å². The van der Waals surface area contributed by atoms with Gasteiger partial charge in [0.05, 0.1) is 31.4 Å². The monoisotopic (exact) mass is 362 g/mol. The molecule has 6 heteroatoms. The average molecular weight is 363 g/mol. The number of hydrogen-bond acceptors (Lipinski definition) is 2. The molecule has 0 bridgehead atoms. The molecular weight excluding hydrogens is 335 g/mol. The van der Waals surface area contributed by atoms with Crippen LogP contribution < -0.4 is 15.0 Å². The fraction of sp³-hybridized carbons (Fsp3) is 0.647. The Hall–Kier alpha value is -0.520. The van der Waals surface area contributed by atoms with Crippen LogP contribution in [0.1, 0.15) is 18.4 Å². The molecule has 1 aromatic carbocycles. The van der Waals surface area contributed by atoms with Crippen molar-refractivity contribution in [3.05, 3.63) is 27.7 Å². The van der Waals surface area contributed by atoms with Crippen LogP contribution in [0.4, 0.5) is 0 Å². The number of morpholine rings is 1. The molecule has 0 aromatic heterocycles. The van der Waals surface area contributed by atoms with E-state index in [1.54, 1.807) is 11.0 Å². The number of unbranched alkanes of at least 4 members (excludes halogenated alkanes) is 1. The van der Waals surface area contributed by atoms with Crippen LogP contribution >= 0.6 is 23.2 Å². The Morgan fingerprint density at radius 1 is 1.17 bits per heavy atom. The molecule has 0 radical (unpaired) electrons. The van der Waals surface area contributed by atoms with E-state index in [1.807, 2.05) is 13.0 Å². The van der Waals surface area contributed by atoms with Gasteiger partial charge in [0.1, 0.15) is 31.9 Å². The molecule has 0 amide bonds. The predicted octanol–water partition coefficient (Wildman–Crippen LogP) is 0.939. The molecule has 0 saturated carbocycles. The number of rotatable bonds is 9. The van der Waals surface area contributed by atoms with Crippen molar-refractivity contribution >= 4 is 23.2 Å². The Balaban J connectivity index is 1.51. The first-order valence-electron chi connectivity index (χ1n) is 8.48. The lowest BCUT2D eigenvalue weighted by Crippen LogP contribution is -3.16. The summed E-state index contributed by atoms with van der Waals surface area (Å²) in [6, 6.07) is 3.61. The highest BCUT2D eigenvalue weighted by Gasteiger charge is 2.13. The van der Waals surface area contributed by atoms with Crippen molar-refractivity contribution in [1.82, 2.24) is 0 Å². The number of aryl methyl sites for hydroxylation is 1. The van der Waals surface area contributed by atoms with E-state index < -0.39 is 0 Å². The van der Waals surface area contributed by atoms with Gasteiger partial charge in [0, 0.05) is 5.02 Å². The minimum Gasteiger partial charge on any atom is -0.492 e. The summed E-state index contributed by atoms with van der Waals surface area (Å²) in [6.07, 6.45) is 2.20.